The third-order valence-electron chi connectivity index (χ3n) is 1.76. The highest BCUT2D eigenvalue weighted by atomic mass is 32.2. The second kappa shape index (κ2) is 6.30. The van der Waals surface area contributed by atoms with Crippen LogP contribution in [-0.4, -0.2) is 28.4 Å². The summed E-state index contributed by atoms with van der Waals surface area (Å²) in [7, 11) is 0. The highest BCUT2D eigenvalue weighted by Gasteiger charge is 2.04. The molecule has 1 rings (SSSR count). The summed E-state index contributed by atoms with van der Waals surface area (Å²) in [6.45, 7) is 2.09. The SMILES string of the molecule is CCOC(=O)/C=C/c1cncc([S+](C)[O-])c1. The van der Waals surface area contributed by atoms with E-state index in [1.807, 2.05) is 0 Å². The summed E-state index contributed by atoms with van der Waals surface area (Å²) in [6.07, 6.45) is 7.62. The van der Waals surface area contributed by atoms with Crippen molar-refractivity contribution in [2.75, 3.05) is 12.9 Å². The Morgan fingerprint density at radius 2 is 2.38 bits per heavy atom. The maximum absolute atomic E-state index is 11.2. The molecule has 0 spiro atoms. The van der Waals surface area contributed by atoms with Crippen LogP contribution in [0.3, 0.4) is 0 Å². The molecule has 0 amide bonds. The summed E-state index contributed by atoms with van der Waals surface area (Å²) >= 11 is -1.07. The number of aromatic nitrogens is 1. The van der Waals surface area contributed by atoms with Crippen LogP contribution in [0.1, 0.15) is 12.5 Å². The van der Waals surface area contributed by atoms with Crippen LogP contribution in [0.15, 0.2) is 29.4 Å². The Balaban J connectivity index is 2.74. The fraction of sp³-hybridized carbons (Fsp3) is 0.273. The number of pyridine rings is 1. The molecule has 0 aliphatic heterocycles. The Labute approximate surface area is 97.5 Å². The molecule has 0 aromatic carbocycles. The van der Waals surface area contributed by atoms with Crippen LogP contribution in [0.4, 0.5) is 0 Å². The van der Waals surface area contributed by atoms with E-state index in [1.165, 1.54) is 12.3 Å². The van der Waals surface area contributed by atoms with Gasteiger partial charge in [0.05, 0.1) is 12.8 Å². The monoisotopic (exact) mass is 239 g/mol. The lowest BCUT2D eigenvalue weighted by Gasteiger charge is -2.03. The first-order chi connectivity index (χ1) is 7.63. The highest BCUT2D eigenvalue weighted by Crippen LogP contribution is 2.10. The van der Waals surface area contributed by atoms with E-state index in [0.717, 1.165) is 5.56 Å². The molecule has 0 fully saturated rings. The molecular formula is C11H13NO3S. The predicted octanol–water partition coefficient (Wildman–Crippen LogP) is 1.40. The van der Waals surface area contributed by atoms with Gasteiger partial charge in [0, 0.05) is 18.3 Å². The zero-order valence-corrected chi connectivity index (χ0v) is 9.99. The van der Waals surface area contributed by atoms with E-state index in [1.54, 1.807) is 31.5 Å². The molecule has 1 heterocycles. The molecule has 86 valence electrons. The second-order valence-corrected chi connectivity index (χ2v) is 4.37. The van der Waals surface area contributed by atoms with Gasteiger partial charge in [0.1, 0.15) is 6.26 Å². The Morgan fingerprint density at radius 1 is 1.62 bits per heavy atom. The van der Waals surface area contributed by atoms with Gasteiger partial charge in [0.15, 0.2) is 4.90 Å². The van der Waals surface area contributed by atoms with Crippen molar-refractivity contribution in [3.05, 3.63) is 30.1 Å². The molecule has 1 atom stereocenters. The van der Waals surface area contributed by atoms with Gasteiger partial charge in [-0.1, -0.05) is 0 Å². The van der Waals surface area contributed by atoms with Gasteiger partial charge >= 0.3 is 5.97 Å². The van der Waals surface area contributed by atoms with Gasteiger partial charge in [0.25, 0.3) is 0 Å². The summed E-state index contributed by atoms with van der Waals surface area (Å²) in [5, 5.41) is 0. The first kappa shape index (κ1) is 12.7. The van der Waals surface area contributed by atoms with Crippen LogP contribution in [0.5, 0.6) is 0 Å². The Morgan fingerprint density at radius 3 is 3.00 bits per heavy atom. The van der Waals surface area contributed by atoms with Crippen LogP contribution in [0, 0.1) is 0 Å². The first-order valence-corrected chi connectivity index (χ1v) is 6.32. The van der Waals surface area contributed by atoms with Crippen molar-refractivity contribution in [1.82, 2.24) is 4.98 Å². The molecule has 0 saturated heterocycles. The summed E-state index contributed by atoms with van der Waals surface area (Å²) in [5.41, 5.74) is 0.723. The molecule has 16 heavy (non-hydrogen) atoms. The number of esters is 1. The largest absolute Gasteiger partial charge is 0.612 e. The number of hydrogen-bond donors (Lipinski definition) is 0. The van der Waals surface area contributed by atoms with Gasteiger partial charge in [-0.3, -0.25) is 4.98 Å². The molecule has 0 N–H and O–H groups in total. The van der Waals surface area contributed by atoms with Crippen LogP contribution in [0.25, 0.3) is 6.08 Å². The molecule has 0 bridgehead atoms. The minimum atomic E-state index is -1.07. The number of ether oxygens (including phenoxy) is 1. The molecule has 4 nitrogen and oxygen atoms in total. The summed E-state index contributed by atoms with van der Waals surface area (Å²) in [5.74, 6) is -0.398. The van der Waals surface area contributed by atoms with Gasteiger partial charge in [-0.25, -0.2) is 4.79 Å². The number of carbonyl (C=O) groups is 1. The Bertz CT molecular complexity index is 391. The number of hydrogen-bond acceptors (Lipinski definition) is 4. The van der Waals surface area contributed by atoms with Crippen LogP contribution < -0.4 is 0 Å². The smallest absolute Gasteiger partial charge is 0.330 e. The van der Waals surface area contributed by atoms with Crippen molar-refractivity contribution < 1.29 is 14.1 Å². The minimum absolute atomic E-state index is 0.348. The average molecular weight is 239 g/mol. The summed E-state index contributed by atoms with van der Waals surface area (Å²) < 4.78 is 15.9. The fourth-order valence-corrected chi connectivity index (χ4v) is 1.55. The van der Waals surface area contributed by atoms with Gasteiger partial charge < -0.3 is 9.29 Å². The van der Waals surface area contributed by atoms with Gasteiger partial charge in [-0.15, -0.1) is 0 Å². The molecule has 0 aliphatic rings. The minimum Gasteiger partial charge on any atom is -0.612 e. The van der Waals surface area contributed by atoms with E-state index in [2.05, 4.69) is 4.98 Å². The van der Waals surface area contributed by atoms with Crippen molar-refractivity contribution in [1.29, 1.82) is 0 Å². The fourth-order valence-electron chi connectivity index (χ4n) is 1.04. The van der Waals surface area contributed by atoms with Crippen molar-refractivity contribution in [3.8, 4) is 0 Å². The maximum Gasteiger partial charge on any atom is 0.330 e. The van der Waals surface area contributed by atoms with Crippen LogP contribution in [0.2, 0.25) is 0 Å². The zero-order valence-electron chi connectivity index (χ0n) is 9.17. The number of carbonyl (C=O) groups excluding carboxylic acids is 1. The summed E-state index contributed by atoms with van der Waals surface area (Å²) in [6, 6.07) is 1.72. The third-order valence-corrected chi connectivity index (χ3v) is 2.65. The molecule has 0 saturated carbocycles. The van der Waals surface area contributed by atoms with Crippen molar-refractivity contribution >= 4 is 23.2 Å². The van der Waals surface area contributed by atoms with Gasteiger partial charge in [0.2, 0.25) is 0 Å². The lowest BCUT2D eigenvalue weighted by atomic mass is 10.2. The van der Waals surface area contributed by atoms with E-state index >= 15 is 0 Å². The topological polar surface area (TPSA) is 62.2 Å². The molecule has 1 unspecified atom stereocenters. The van der Waals surface area contributed by atoms with Crippen LogP contribution in [-0.2, 0) is 20.7 Å². The molecule has 1 aromatic heterocycles. The van der Waals surface area contributed by atoms with E-state index in [-0.39, 0.29) is 0 Å². The lowest BCUT2D eigenvalue weighted by Crippen LogP contribution is -1.99. The lowest BCUT2D eigenvalue weighted by molar-refractivity contribution is -0.137. The second-order valence-electron chi connectivity index (χ2n) is 2.99. The summed E-state index contributed by atoms with van der Waals surface area (Å²) in [4.78, 5) is 15.6. The van der Waals surface area contributed by atoms with Crippen molar-refractivity contribution in [3.63, 3.8) is 0 Å². The quantitative estimate of drug-likeness (QED) is 0.452. The predicted molar refractivity (Wildman–Crippen MR) is 62.2 cm³/mol. The Kier molecular flexibility index (Phi) is 5.01. The molecular weight excluding hydrogens is 226 g/mol. The van der Waals surface area contributed by atoms with Crippen molar-refractivity contribution in [2.24, 2.45) is 0 Å². The molecule has 1 aromatic rings. The number of nitrogens with zero attached hydrogens (tertiary/aromatic N) is 1. The highest BCUT2D eigenvalue weighted by molar-refractivity contribution is 7.90. The standard InChI is InChI=1S/C11H13NO3S/c1-3-15-11(13)5-4-9-6-10(16(2)14)8-12-7-9/h4-8H,3H2,1-2H3/b5-4+. The van der Waals surface area contributed by atoms with E-state index in [4.69, 9.17) is 4.74 Å². The third kappa shape index (κ3) is 4.04. The zero-order chi connectivity index (χ0) is 12.0. The first-order valence-electron chi connectivity index (χ1n) is 4.76. The molecule has 0 radical (unpaired) electrons. The van der Waals surface area contributed by atoms with E-state index in [0.29, 0.717) is 11.5 Å². The van der Waals surface area contributed by atoms with E-state index in [9.17, 15) is 9.35 Å². The number of rotatable bonds is 4. The van der Waals surface area contributed by atoms with Gasteiger partial charge in [-0.05, 0) is 29.7 Å². The Hall–Kier alpha value is -1.33. The van der Waals surface area contributed by atoms with E-state index < -0.39 is 17.1 Å². The normalized spacial score (nSPS) is 12.7. The maximum atomic E-state index is 11.2. The van der Waals surface area contributed by atoms with Crippen molar-refractivity contribution in [2.45, 2.75) is 11.8 Å². The molecule has 5 heteroatoms. The van der Waals surface area contributed by atoms with Crippen LogP contribution >= 0.6 is 0 Å². The molecule has 0 aliphatic carbocycles. The average Bonchev–Trinajstić information content (AvgIpc) is 2.27. The van der Waals surface area contributed by atoms with Gasteiger partial charge in [-0.2, -0.15) is 0 Å².